The lowest BCUT2D eigenvalue weighted by Gasteiger charge is -2.47. The minimum Gasteiger partial charge on any atom is -0.543 e. The van der Waals surface area contributed by atoms with Crippen LogP contribution < -0.4 is 10.4 Å². The van der Waals surface area contributed by atoms with E-state index in [1.807, 2.05) is 28.1 Å². The van der Waals surface area contributed by atoms with E-state index < -0.39 is 11.6 Å². The van der Waals surface area contributed by atoms with Crippen molar-refractivity contribution in [2.75, 3.05) is 27.7 Å². The number of unbranched alkanes of at least 4 members (excludes halogenated alkanes) is 8. The van der Waals surface area contributed by atoms with Gasteiger partial charge in [-0.1, -0.05) is 65.2 Å². The van der Waals surface area contributed by atoms with Gasteiger partial charge in [0.05, 0.1) is 21.1 Å². The molecule has 1 N–H and O–H groups in total. The summed E-state index contributed by atoms with van der Waals surface area (Å²) in [6.45, 7) is 5.02. The Morgan fingerprint density at radius 2 is 1.35 bits per heavy atom. The first-order valence-electron chi connectivity index (χ1n) is 9.59. The van der Waals surface area contributed by atoms with Gasteiger partial charge in [-0.15, -0.1) is 0 Å². The van der Waals surface area contributed by atoms with Gasteiger partial charge in [0.2, 0.25) is 0 Å². The summed E-state index contributed by atoms with van der Waals surface area (Å²) in [5, 5.41) is 15.1. The molecule has 4 heteroatoms. The van der Waals surface area contributed by atoms with Crippen molar-refractivity contribution in [1.29, 1.82) is 0 Å². The largest absolute Gasteiger partial charge is 0.543 e. The molecule has 0 heterocycles. The number of nitrogens with one attached hydrogen (secondary N) is 1. The zero-order chi connectivity index (χ0) is 17.8. The Balaban J connectivity index is 4.04. The van der Waals surface area contributed by atoms with E-state index >= 15 is 0 Å². The molecule has 0 aliphatic carbocycles. The predicted molar refractivity (Wildman–Crippen MR) is 95.9 cm³/mol. The van der Waals surface area contributed by atoms with Crippen molar-refractivity contribution in [3.63, 3.8) is 0 Å². The number of aliphatic carboxylic acids is 1. The molecule has 0 saturated carbocycles. The van der Waals surface area contributed by atoms with Crippen molar-refractivity contribution >= 4 is 5.97 Å². The topological polar surface area (TPSA) is 52.2 Å². The summed E-state index contributed by atoms with van der Waals surface area (Å²) in [4.78, 5) is 11.8. The summed E-state index contributed by atoms with van der Waals surface area (Å²) < 4.78 is 0.348. The van der Waals surface area contributed by atoms with Crippen LogP contribution >= 0.6 is 0 Å². The molecule has 0 aromatic rings. The monoisotopic (exact) mass is 328 g/mol. The van der Waals surface area contributed by atoms with E-state index in [9.17, 15) is 9.90 Å². The second kappa shape index (κ2) is 11.9. The van der Waals surface area contributed by atoms with Gasteiger partial charge in [0.25, 0.3) is 0 Å². The quantitative estimate of drug-likeness (QED) is 0.285. The van der Waals surface area contributed by atoms with Crippen LogP contribution in [0.2, 0.25) is 0 Å². The summed E-state index contributed by atoms with van der Waals surface area (Å²) in [6, 6.07) is 0. The highest BCUT2D eigenvalue weighted by Gasteiger charge is 2.43. The smallest absolute Gasteiger partial charge is 0.193 e. The number of hydrogen-bond donors (Lipinski definition) is 1. The molecule has 23 heavy (non-hydrogen) atoms. The zero-order valence-electron chi connectivity index (χ0n) is 16.2. The van der Waals surface area contributed by atoms with Gasteiger partial charge in [0.1, 0.15) is 5.97 Å². The lowest BCUT2D eigenvalue weighted by atomic mass is 10.00. The summed E-state index contributed by atoms with van der Waals surface area (Å²) in [7, 11) is 5.78. The molecule has 0 aliphatic heterocycles. The maximum absolute atomic E-state index is 11.8. The van der Waals surface area contributed by atoms with E-state index in [0.717, 1.165) is 19.4 Å². The maximum atomic E-state index is 11.8. The van der Waals surface area contributed by atoms with Gasteiger partial charge in [-0.2, -0.15) is 0 Å². The maximum Gasteiger partial charge on any atom is 0.193 e. The molecule has 0 rings (SSSR count). The Morgan fingerprint density at radius 1 is 0.870 bits per heavy atom. The number of carboxylic acids is 1. The minimum absolute atomic E-state index is 0.348. The van der Waals surface area contributed by atoms with Crippen LogP contribution in [0.1, 0.15) is 84.5 Å². The van der Waals surface area contributed by atoms with Gasteiger partial charge in [0.15, 0.2) is 5.66 Å². The Labute approximate surface area is 144 Å². The first-order chi connectivity index (χ1) is 10.8. The number of hydrogen-bond acceptors (Lipinski definition) is 3. The standard InChI is InChI=1S/C19H40N2O2/c1-6-8-9-10-11-12-13-14-15-17-20-19(16-7-2,18(22)23)21(3,4)5/h20H,6-17H2,1-5H3. The number of rotatable bonds is 15. The first-order valence-corrected chi connectivity index (χ1v) is 9.59. The third-order valence-corrected chi connectivity index (χ3v) is 4.79. The average Bonchev–Trinajstić information content (AvgIpc) is 2.46. The fraction of sp³-hybridized carbons (Fsp3) is 0.947. The van der Waals surface area contributed by atoms with E-state index in [1.165, 1.54) is 51.4 Å². The molecule has 1 atom stereocenters. The fourth-order valence-corrected chi connectivity index (χ4v) is 3.20. The summed E-state index contributed by atoms with van der Waals surface area (Å²) in [5.41, 5.74) is -0.977. The van der Waals surface area contributed by atoms with Crippen LogP contribution in [0, 0.1) is 0 Å². The average molecular weight is 329 g/mol. The number of quaternary nitrogens is 1. The van der Waals surface area contributed by atoms with Gasteiger partial charge in [-0.3, -0.25) is 5.32 Å². The Morgan fingerprint density at radius 3 is 1.74 bits per heavy atom. The molecule has 0 fully saturated rings. The molecule has 0 bridgehead atoms. The first kappa shape index (κ1) is 22.4. The molecule has 0 spiro atoms. The lowest BCUT2D eigenvalue weighted by molar-refractivity contribution is -0.920. The Kier molecular flexibility index (Phi) is 11.5. The van der Waals surface area contributed by atoms with Crippen LogP contribution in [-0.2, 0) is 4.79 Å². The number of carbonyl (C=O) groups excluding carboxylic acids is 1. The highest BCUT2D eigenvalue weighted by molar-refractivity contribution is 5.74. The van der Waals surface area contributed by atoms with Crippen molar-refractivity contribution in [3.8, 4) is 0 Å². The van der Waals surface area contributed by atoms with Gasteiger partial charge < -0.3 is 14.4 Å². The molecule has 0 radical (unpaired) electrons. The fourth-order valence-electron chi connectivity index (χ4n) is 3.20. The van der Waals surface area contributed by atoms with Gasteiger partial charge in [-0.25, -0.2) is 0 Å². The summed E-state index contributed by atoms with van der Waals surface area (Å²) >= 11 is 0. The number of likely N-dealkylation sites (N-methyl/N-ethyl adjacent to an activating group) is 1. The second-order valence-corrected chi connectivity index (χ2v) is 7.67. The second-order valence-electron chi connectivity index (χ2n) is 7.67. The summed E-state index contributed by atoms with van der Waals surface area (Å²) in [5.74, 6) is -0.984. The molecule has 138 valence electrons. The molecule has 0 aliphatic rings. The van der Waals surface area contributed by atoms with E-state index in [2.05, 4.69) is 12.2 Å². The molecule has 0 amide bonds. The van der Waals surface area contributed by atoms with Gasteiger partial charge in [0, 0.05) is 13.0 Å². The molecule has 4 nitrogen and oxygen atoms in total. The molecule has 0 aromatic carbocycles. The van der Waals surface area contributed by atoms with E-state index in [-0.39, 0.29) is 0 Å². The molecular formula is C19H40N2O2. The van der Waals surface area contributed by atoms with Crippen LogP contribution in [-0.4, -0.2) is 43.8 Å². The number of nitrogens with zero attached hydrogens (tertiary/aromatic N) is 1. The molecule has 0 aromatic heterocycles. The van der Waals surface area contributed by atoms with Crippen LogP contribution in [0.3, 0.4) is 0 Å². The number of carbonyl (C=O) groups is 1. The van der Waals surface area contributed by atoms with Crippen LogP contribution in [0.15, 0.2) is 0 Å². The Bertz CT molecular complexity index is 313. The van der Waals surface area contributed by atoms with Crippen LogP contribution in [0.4, 0.5) is 0 Å². The highest BCUT2D eigenvalue weighted by atomic mass is 16.4. The van der Waals surface area contributed by atoms with E-state index in [1.54, 1.807) is 0 Å². The van der Waals surface area contributed by atoms with Crippen LogP contribution in [0.5, 0.6) is 0 Å². The van der Waals surface area contributed by atoms with Crippen molar-refractivity contribution < 1.29 is 14.4 Å². The third-order valence-electron chi connectivity index (χ3n) is 4.79. The predicted octanol–water partition coefficient (Wildman–Crippen LogP) is 3.06. The van der Waals surface area contributed by atoms with Crippen molar-refractivity contribution in [3.05, 3.63) is 0 Å². The van der Waals surface area contributed by atoms with Gasteiger partial charge in [-0.05, 0) is 12.8 Å². The number of carboxylic acid groups (broad SMARTS) is 1. The molecular weight excluding hydrogens is 288 g/mol. The minimum atomic E-state index is -0.984. The van der Waals surface area contributed by atoms with Crippen molar-refractivity contribution in [2.24, 2.45) is 0 Å². The SMILES string of the molecule is CCCCCCCCCCCNC(CCC)(C(=O)[O-])[N+](C)(C)C. The lowest BCUT2D eigenvalue weighted by Crippen LogP contribution is -2.73. The summed E-state index contributed by atoms with van der Waals surface area (Å²) in [6.07, 6.45) is 12.9. The normalized spacial score (nSPS) is 14.7. The molecule has 0 saturated heterocycles. The van der Waals surface area contributed by atoms with Crippen molar-refractivity contribution in [1.82, 2.24) is 5.32 Å². The highest BCUT2D eigenvalue weighted by Crippen LogP contribution is 2.21. The third kappa shape index (κ3) is 8.16. The van der Waals surface area contributed by atoms with E-state index in [4.69, 9.17) is 0 Å². The Hall–Kier alpha value is -0.610. The van der Waals surface area contributed by atoms with Gasteiger partial charge >= 0.3 is 0 Å². The van der Waals surface area contributed by atoms with Crippen molar-refractivity contribution in [2.45, 2.75) is 90.1 Å². The van der Waals surface area contributed by atoms with Crippen LogP contribution in [0.25, 0.3) is 0 Å². The zero-order valence-corrected chi connectivity index (χ0v) is 16.2. The molecule has 1 unspecified atom stereocenters. The van der Waals surface area contributed by atoms with E-state index in [0.29, 0.717) is 10.9 Å².